The van der Waals surface area contributed by atoms with Crippen LogP contribution < -0.4 is 30.5 Å². The molecule has 2 aliphatic heterocycles. The van der Waals surface area contributed by atoms with Gasteiger partial charge in [0, 0.05) is 39.4 Å². The summed E-state index contributed by atoms with van der Waals surface area (Å²) in [6.07, 6.45) is 8.36. The van der Waals surface area contributed by atoms with Crippen molar-refractivity contribution in [1.82, 2.24) is 0 Å². The van der Waals surface area contributed by atoms with E-state index in [1.807, 2.05) is 12.2 Å². The molecule has 66 heavy (non-hydrogen) atoms. The maximum absolute atomic E-state index is 4.04. The second-order valence-electron chi connectivity index (χ2n) is 19.4. The number of nitrogens with zero attached hydrogens (tertiary/aromatic N) is 2. The summed E-state index contributed by atoms with van der Waals surface area (Å²) in [5.41, 5.74) is 17.5. The van der Waals surface area contributed by atoms with Gasteiger partial charge in [0.15, 0.2) is 0 Å². The smallest absolute Gasteiger partial charge is 0.113 e. The predicted molar refractivity (Wildman–Crippen MR) is 292 cm³/mol. The molecule has 0 aromatic heterocycles. The zero-order valence-electron chi connectivity index (χ0n) is 38.2. The van der Waals surface area contributed by atoms with E-state index in [0.29, 0.717) is 0 Å². The number of rotatable bonds is 8. The van der Waals surface area contributed by atoms with E-state index in [2.05, 4.69) is 231 Å². The highest BCUT2D eigenvalue weighted by Crippen LogP contribution is 2.44. The van der Waals surface area contributed by atoms with E-state index < -0.39 is 16.1 Å². The van der Waals surface area contributed by atoms with Crippen LogP contribution in [0.3, 0.4) is 0 Å². The topological polar surface area (TPSA) is 6.48 Å². The van der Waals surface area contributed by atoms with Crippen molar-refractivity contribution in [2.75, 3.05) is 9.80 Å². The number of allylic oxidation sites excluding steroid dienone is 1. The summed E-state index contributed by atoms with van der Waals surface area (Å²) in [5.74, 6) is 0. The summed E-state index contributed by atoms with van der Waals surface area (Å²) >= 11 is 0. The Bertz CT molecular complexity index is 3520. The fraction of sp³-hybridized carbons (Fsp3) is 0.0968. The minimum Gasteiger partial charge on any atom is -0.310 e. The Balaban J connectivity index is 1.01. The van der Waals surface area contributed by atoms with E-state index in [-0.39, 0.29) is 0 Å². The molecular weight excluding hydrogens is 829 g/mol. The fourth-order valence-electron chi connectivity index (χ4n) is 11.4. The molecule has 0 spiro atoms. The molecule has 0 atom stereocenters. The van der Waals surface area contributed by atoms with Crippen LogP contribution in [0.2, 0.25) is 26.2 Å². The molecule has 3 aliphatic rings. The van der Waals surface area contributed by atoms with Crippen molar-refractivity contribution in [1.29, 1.82) is 0 Å². The van der Waals surface area contributed by atoms with Crippen LogP contribution in [0.15, 0.2) is 195 Å². The van der Waals surface area contributed by atoms with Crippen molar-refractivity contribution in [3.8, 4) is 22.3 Å². The van der Waals surface area contributed by atoms with E-state index >= 15 is 0 Å². The van der Waals surface area contributed by atoms with Gasteiger partial charge in [-0.15, -0.1) is 0 Å². The Labute approximate surface area is 391 Å². The third kappa shape index (κ3) is 6.19. The normalized spacial score (nSPS) is 14.7. The van der Waals surface area contributed by atoms with Crippen molar-refractivity contribution in [3.05, 3.63) is 217 Å². The lowest BCUT2D eigenvalue weighted by Crippen LogP contribution is -2.49. The van der Waals surface area contributed by atoms with Crippen LogP contribution in [0.4, 0.5) is 28.4 Å². The summed E-state index contributed by atoms with van der Waals surface area (Å²) in [4.78, 5) is 4.93. The predicted octanol–water partition coefficient (Wildman–Crippen LogP) is 14.5. The number of aryl methyl sites for hydroxylation is 1. The minimum atomic E-state index is -2.03. The molecule has 12 rings (SSSR count). The molecule has 2 heterocycles. The highest BCUT2D eigenvalue weighted by Gasteiger charge is 2.41. The summed E-state index contributed by atoms with van der Waals surface area (Å²) in [6, 6.07) is 66.8. The van der Waals surface area contributed by atoms with Crippen LogP contribution in [-0.4, -0.2) is 16.1 Å². The number of anilines is 5. The molecular formula is C62H52N2Si2. The van der Waals surface area contributed by atoms with Crippen molar-refractivity contribution in [2.45, 2.75) is 39.0 Å². The molecule has 0 radical (unpaired) electrons. The Morgan fingerprint density at radius 1 is 0.424 bits per heavy atom. The Morgan fingerprint density at radius 3 is 1.55 bits per heavy atom. The van der Waals surface area contributed by atoms with Crippen molar-refractivity contribution in [3.63, 3.8) is 0 Å². The first kappa shape index (κ1) is 40.3. The average Bonchev–Trinajstić information content (AvgIpc) is 3.70. The quantitative estimate of drug-likeness (QED) is 0.140. The second-order valence-corrected chi connectivity index (χ2v) is 28.1. The summed E-state index contributed by atoms with van der Waals surface area (Å²) in [6.45, 7) is 18.2. The second kappa shape index (κ2) is 15.2. The Hall–Kier alpha value is -7.25. The van der Waals surface area contributed by atoms with Gasteiger partial charge in [-0.3, -0.25) is 0 Å². The zero-order valence-corrected chi connectivity index (χ0v) is 40.2. The third-order valence-electron chi connectivity index (χ3n) is 15.0. The Morgan fingerprint density at radius 2 is 0.924 bits per heavy atom. The number of fused-ring (bicyclic) bond motifs is 9. The van der Waals surface area contributed by atoms with E-state index in [9.17, 15) is 0 Å². The van der Waals surface area contributed by atoms with Gasteiger partial charge in [-0.1, -0.05) is 167 Å². The van der Waals surface area contributed by atoms with Gasteiger partial charge < -0.3 is 9.80 Å². The van der Waals surface area contributed by atoms with Crippen LogP contribution in [0.1, 0.15) is 28.7 Å². The maximum Gasteiger partial charge on any atom is 0.113 e. The average molecular weight is 881 g/mol. The number of hydrogen-bond acceptors (Lipinski definition) is 2. The van der Waals surface area contributed by atoms with Crippen LogP contribution in [0.25, 0.3) is 61.6 Å². The summed E-state index contributed by atoms with van der Waals surface area (Å²) < 4.78 is 0. The molecule has 0 fully saturated rings. The first-order chi connectivity index (χ1) is 32.1. The van der Waals surface area contributed by atoms with Gasteiger partial charge in [0.25, 0.3) is 0 Å². The van der Waals surface area contributed by atoms with Gasteiger partial charge >= 0.3 is 0 Å². The SMILES string of the molecule is C=Cc1ccc(N(C2=CCCc3ccccc32)c2ccc3c(c2)-c2cc4cc5c(cc4cc2[Si]3(C)C)[Si](C)(C)c2ccc(N(c3ccc(C=C)cc3)c3cccc4ccccc34)cc2-5)cc1. The summed E-state index contributed by atoms with van der Waals surface area (Å²) in [7, 11) is -4.06. The van der Waals surface area contributed by atoms with Gasteiger partial charge in [0.05, 0.1) is 5.69 Å². The van der Waals surface area contributed by atoms with E-state index in [0.717, 1.165) is 41.0 Å². The third-order valence-corrected chi connectivity index (χ3v) is 22.1. The molecule has 0 saturated heterocycles. The lowest BCUT2D eigenvalue weighted by molar-refractivity contribution is 0.968. The van der Waals surface area contributed by atoms with Crippen LogP contribution >= 0.6 is 0 Å². The zero-order chi connectivity index (χ0) is 44.9. The summed E-state index contributed by atoms with van der Waals surface area (Å²) in [5, 5.41) is 11.2. The number of benzene rings is 9. The first-order valence-corrected chi connectivity index (χ1v) is 29.4. The Kier molecular flexibility index (Phi) is 9.25. The first-order valence-electron chi connectivity index (χ1n) is 23.4. The molecule has 0 amide bonds. The monoisotopic (exact) mass is 880 g/mol. The van der Waals surface area contributed by atoms with Gasteiger partial charge in [0.1, 0.15) is 16.1 Å². The van der Waals surface area contributed by atoms with Crippen LogP contribution in [0.5, 0.6) is 0 Å². The molecule has 4 heteroatoms. The molecule has 0 bridgehead atoms. The molecule has 2 nitrogen and oxygen atoms in total. The van der Waals surface area contributed by atoms with Gasteiger partial charge in [0.2, 0.25) is 0 Å². The fourth-order valence-corrected chi connectivity index (χ4v) is 17.6. The maximum atomic E-state index is 4.04. The molecule has 318 valence electrons. The highest BCUT2D eigenvalue weighted by atomic mass is 28.3. The van der Waals surface area contributed by atoms with Crippen LogP contribution in [-0.2, 0) is 6.42 Å². The van der Waals surface area contributed by atoms with Gasteiger partial charge in [-0.2, -0.15) is 0 Å². The van der Waals surface area contributed by atoms with Crippen molar-refractivity contribution in [2.24, 2.45) is 0 Å². The molecule has 0 unspecified atom stereocenters. The van der Waals surface area contributed by atoms with Gasteiger partial charge in [-0.25, -0.2) is 0 Å². The van der Waals surface area contributed by atoms with Crippen molar-refractivity contribution < 1.29 is 0 Å². The van der Waals surface area contributed by atoms with E-state index in [1.165, 1.54) is 92.7 Å². The lowest BCUT2D eigenvalue weighted by atomic mass is 9.93. The molecule has 0 saturated carbocycles. The largest absolute Gasteiger partial charge is 0.310 e. The van der Waals surface area contributed by atoms with Gasteiger partial charge in [-0.05, 0) is 155 Å². The van der Waals surface area contributed by atoms with E-state index in [4.69, 9.17) is 0 Å². The van der Waals surface area contributed by atoms with Crippen molar-refractivity contribution >= 4 is 105 Å². The molecule has 0 N–H and O–H groups in total. The highest BCUT2D eigenvalue weighted by molar-refractivity contribution is 7.04. The molecule has 9 aromatic rings. The van der Waals surface area contributed by atoms with Crippen LogP contribution in [0, 0.1) is 0 Å². The molecule has 1 aliphatic carbocycles. The number of hydrogen-bond donors (Lipinski definition) is 0. The van der Waals surface area contributed by atoms with E-state index in [1.54, 1.807) is 0 Å². The minimum absolute atomic E-state index is 1.02. The molecule has 9 aromatic carbocycles. The standard InChI is InChI=1S/C62H52N2Si2/c1-7-41-23-27-47(28-24-41)63(57-21-13-17-43-15-9-11-19-51(43)57)49-31-33-59-55(39-49)53-35-45-36-54-56-40-50(32-34-60(56)66(5,6)62(54)38-46(45)37-61(53)65(59,3)4)64(48-29-25-42(8-2)26-30-48)58-22-14-18-44-16-10-12-20-52(44)58/h7-13,15-17,19-40H,1-2,14,18H2,3-6H3. The lowest BCUT2D eigenvalue weighted by Gasteiger charge is -2.32.